The van der Waals surface area contributed by atoms with E-state index in [9.17, 15) is 14.4 Å². The molecule has 148 valence electrons. The SMILES string of the molecule is CCC(CC)Cn1c(=O)c2cc(C(=O)OCc3ccccc3)sc2n(C)c1=O. The van der Waals surface area contributed by atoms with E-state index in [1.54, 1.807) is 13.1 Å². The van der Waals surface area contributed by atoms with Crippen LogP contribution < -0.4 is 11.2 Å². The number of benzene rings is 1. The van der Waals surface area contributed by atoms with Crippen molar-refractivity contribution in [1.29, 1.82) is 0 Å². The highest BCUT2D eigenvalue weighted by Crippen LogP contribution is 2.23. The van der Waals surface area contributed by atoms with Gasteiger partial charge in [0, 0.05) is 13.6 Å². The molecule has 0 aliphatic rings. The van der Waals surface area contributed by atoms with Crippen LogP contribution in [0, 0.1) is 5.92 Å². The summed E-state index contributed by atoms with van der Waals surface area (Å²) in [4.78, 5) is 38.8. The minimum Gasteiger partial charge on any atom is -0.457 e. The fraction of sp³-hybridized carbons (Fsp3) is 0.381. The van der Waals surface area contributed by atoms with Crippen LogP contribution in [0.3, 0.4) is 0 Å². The summed E-state index contributed by atoms with van der Waals surface area (Å²) in [6, 6.07) is 10.9. The fourth-order valence-corrected chi connectivity index (χ4v) is 4.14. The quantitative estimate of drug-likeness (QED) is 0.569. The van der Waals surface area contributed by atoms with Crippen LogP contribution in [0.4, 0.5) is 0 Å². The van der Waals surface area contributed by atoms with Crippen molar-refractivity contribution >= 4 is 27.5 Å². The molecule has 0 amide bonds. The predicted octanol–water partition coefficient (Wildman–Crippen LogP) is 3.55. The Hall–Kier alpha value is -2.67. The van der Waals surface area contributed by atoms with Gasteiger partial charge < -0.3 is 4.74 Å². The molecule has 1 aromatic carbocycles. The van der Waals surface area contributed by atoms with E-state index in [2.05, 4.69) is 0 Å². The number of nitrogens with zero attached hydrogens (tertiary/aromatic N) is 2. The van der Waals surface area contributed by atoms with Gasteiger partial charge in [0.05, 0.1) is 5.39 Å². The molecule has 2 heterocycles. The van der Waals surface area contributed by atoms with Crippen molar-refractivity contribution in [2.24, 2.45) is 13.0 Å². The van der Waals surface area contributed by atoms with Gasteiger partial charge in [-0.2, -0.15) is 0 Å². The third-order valence-electron chi connectivity index (χ3n) is 5.02. The van der Waals surface area contributed by atoms with E-state index in [1.165, 1.54) is 9.13 Å². The Balaban J connectivity index is 1.93. The topological polar surface area (TPSA) is 70.3 Å². The molecule has 0 aliphatic carbocycles. The summed E-state index contributed by atoms with van der Waals surface area (Å²) in [6.07, 6.45) is 1.79. The second kappa shape index (κ2) is 8.56. The van der Waals surface area contributed by atoms with Crippen molar-refractivity contribution in [2.75, 3.05) is 0 Å². The Morgan fingerprint density at radius 2 is 1.82 bits per heavy atom. The summed E-state index contributed by atoms with van der Waals surface area (Å²) in [5.74, 6) is -0.236. The van der Waals surface area contributed by atoms with Gasteiger partial charge in [0.25, 0.3) is 5.56 Å². The molecule has 7 heteroatoms. The maximum absolute atomic E-state index is 12.9. The van der Waals surface area contributed by atoms with E-state index in [1.807, 2.05) is 44.2 Å². The lowest BCUT2D eigenvalue weighted by atomic mass is 10.0. The molecule has 0 fully saturated rings. The Labute approximate surface area is 167 Å². The Kier molecular flexibility index (Phi) is 6.14. The lowest BCUT2D eigenvalue weighted by molar-refractivity contribution is 0.0478. The second-order valence-corrected chi connectivity index (χ2v) is 7.86. The van der Waals surface area contributed by atoms with Crippen molar-refractivity contribution in [2.45, 2.75) is 39.8 Å². The van der Waals surface area contributed by atoms with Gasteiger partial charge in [-0.25, -0.2) is 9.59 Å². The summed E-state index contributed by atoms with van der Waals surface area (Å²) in [6.45, 7) is 4.64. The van der Waals surface area contributed by atoms with Crippen LogP contribution >= 0.6 is 11.3 Å². The summed E-state index contributed by atoms with van der Waals surface area (Å²) in [5.41, 5.74) is 0.190. The van der Waals surface area contributed by atoms with Gasteiger partial charge >= 0.3 is 11.7 Å². The minimum absolute atomic E-state index is 0.158. The highest BCUT2D eigenvalue weighted by Gasteiger charge is 2.19. The number of fused-ring (bicyclic) bond motifs is 1. The molecule has 2 aromatic heterocycles. The number of aryl methyl sites for hydroxylation is 1. The predicted molar refractivity (Wildman–Crippen MR) is 111 cm³/mol. The second-order valence-electron chi connectivity index (χ2n) is 6.83. The number of hydrogen-bond acceptors (Lipinski definition) is 5. The van der Waals surface area contributed by atoms with E-state index in [0.29, 0.717) is 21.6 Å². The van der Waals surface area contributed by atoms with Gasteiger partial charge in [0.1, 0.15) is 16.3 Å². The third-order valence-corrected chi connectivity index (χ3v) is 6.21. The van der Waals surface area contributed by atoms with Gasteiger partial charge in [-0.15, -0.1) is 11.3 Å². The van der Waals surface area contributed by atoms with E-state index < -0.39 is 5.97 Å². The molecule has 6 nitrogen and oxygen atoms in total. The lowest BCUT2D eigenvalue weighted by Gasteiger charge is -2.14. The average Bonchev–Trinajstić information content (AvgIpc) is 3.17. The summed E-state index contributed by atoms with van der Waals surface area (Å²) in [7, 11) is 1.63. The molecule has 28 heavy (non-hydrogen) atoms. The molecule has 0 saturated heterocycles. The van der Waals surface area contributed by atoms with Crippen LogP contribution in [0.5, 0.6) is 0 Å². The fourth-order valence-electron chi connectivity index (χ4n) is 3.14. The summed E-state index contributed by atoms with van der Waals surface area (Å²) >= 11 is 1.11. The largest absolute Gasteiger partial charge is 0.457 e. The lowest BCUT2D eigenvalue weighted by Crippen LogP contribution is -2.40. The zero-order valence-electron chi connectivity index (χ0n) is 16.3. The number of ether oxygens (including phenoxy) is 1. The first-order valence-electron chi connectivity index (χ1n) is 9.40. The maximum Gasteiger partial charge on any atom is 0.348 e. The molecule has 0 saturated carbocycles. The van der Waals surface area contributed by atoms with Crippen molar-refractivity contribution in [3.8, 4) is 0 Å². The smallest absolute Gasteiger partial charge is 0.348 e. The highest BCUT2D eigenvalue weighted by molar-refractivity contribution is 7.20. The molecular weight excluding hydrogens is 376 g/mol. The van der Waals surface area contributed by atoms with Gasteiger partial charge in [0.2, 0.25) is 0 Å². The molecule has 0 aliphatic heterocycles. The Morgan fingerprint density at radius 1 is 1.14 bits per heavy atom. The van der Waals surface area contributed by atoms with E-state index in [4.69, 9.17) is 4.74 Å². The normalized spacial score (nSPS) is 11.3. The molecule has 0 atom stereocenters. The molecule has 3 aromatic rings. The average molecular weight is 401 g/mol. The zero-order chi connectivity index (χ0) is 20.3. The van der Waals surface area contributed by atoms with Crippen LogP contribution in [-0.2, 0) is 24.9 Å². The Morgan fingerprint density at radius 3 is 2.46 bits per heavy atom. The van der Waals surface area contributed by atoms with E-state index in [-0.39, 0.29) is 23.8 Å². The third kappa shape index (κ3) is 3.94. The first-order chi connectivity index (χ1) is 13.5. The number of hydrogen-bond donors (Lipinski definition) is 0. The number of carbonyl (C=O) groups excluding carboxylic acids is 1. The standard InChI is InChI=1S/C21H24N2O4S/c1-4-14(5-2)12-23-18(24)16-11-17(28-19(16)22(3)21(23)26)20(25)27-13-15-9-7-6-8-10-15/h6-11,14H,4-5,12-13H2,1-3H3. The molecular formula is C21H24N2O4S. The molecule has 0 spiro atoms. The summed E-state index contributed by atoms with van der Waals surface area (Å²) in [5, 5.41) is 0.379. The van der Waals surface area contributed by atoms with Crippen LogP contribution in [0.25, 0.3) is 10.2 Å². The van der Waals surface area contributed by atoms with E-state index >= 15 is 0 Å². The van der Waals surface area contributed by atoms with Crippen molar-refractivity contribution < 1.29 is 9.53 Å². The molecule has 3 rings (SSSR count). The van der Waals surface area contributed by atoms with E-state index in [0.717, 1.165) is 29.7 Å². The van der Waals surface area contributed by atoms with Crippen molar-refractivity contribution in [1.82, 2.24) is 9.13 Å². The number of thiophene rings is 1. The van der Waals surface area contributed by atoms with Crippen LogP contribution in [0.15, 0.2) is 46.0 Å². The number of carbonyl (C=O) groups is 1. The first kappa shape index (κ1) is 20.1. The number of rotatable bonds is 7. The van der Waals surface area contributed by atoms with Crippen LogP contribution in [-0.4, -0.2) is 15.1 Å². The summed E-state index contributed by atoms with van der Waals surface area (Å²) < 4.78 is 8.08. The first-order valence-corrected chi connectivity index (χ1v) is 10.2. The molecule has 0 N–H and O–H groups in total. The molecule has 0 unspecified atom stereocenters. The van der Waals surface area contributed by atoms with Crippen LogP contribution in [0.2, 0.25) is 0 Å². The van der Waals surface area contributed by atoms with Crippen LogP contribution in [0.1, 0.15) is 41.9 Å². The molecule has 0 bridgehead atoms. The minimum atomic E-state index is -0.497. The number of esters is 1. The van der Waals surface area contributed by atoms with Gasteiger partial charge in [-0.1, -0.05) is 57.0 Å². The monoisotopic (exact) mass is 400 g/mol. The van der Waals surface area contributed by atoms with Gasteiger partial charge in [-0.05, 0) is 17.5 Å². The highest BCUT2D eigenvalue weighted by atomic mass is 32.1. The maximum atomic E-state index is 12.9. The Bertz CT molecular complexity index is 1090. The van der Waals surface area contributed by atoms with Crippen molar-refractivity contribution in [3.05, 3.63) is 67.7 Å². The molecule has 0 radical (unpaired) electrons. The van der Waals surface area contributed by atoms with Gasteiger partial charge in [0.15, 0.2) is 0 Å². The zero-order valence-corrected chi connectivity index (χ0v) is 17.1. The number of aromatic nitrogens is 2. The van der Waals surface area contributed by atoms with Crippen molar-refractivity contribution in [3.63, 3.8) is 0 Å². The van der Waals surface area contributed by atoms with Gasteiger partial charge in [-0.3, -0.25) is 13.9 Å².